The quantitative estimate of drug-likeness (QED) is 0.651. The Balaban J connectivity index is 2.30. The second-order valence-corrected chi connectivity index (χ2v) is 4.64. The van der Waals surface area contributed by atoms with Crippen LogP contribution in [0.4, 0.5) is 15.9 Å². The first kappa shape index (κ1) is 15.1. The van der Waals surface area contributed by atoms with Crippen LogP contribution in [0.1, 0.15) is 6.92 Å². The Kier molecular flexibility index (Phi) is 4.63. The molecule has 0 aliphatic rings. The number of anilines is 1. The molecule has 21 heavy (non-hydrogen) atoms. The summed E-state index contributed by atoms with van der Waals surface area (Å²) >= 11 is 3.26. The molecule has 0 fully saturated rings. The van der Waals surface area contributed by atoms with Gasteiger partial charge in [-0.05, 0) is 28.9 Å². The van der Waals surface area contributed by atoms with Gasteiger partial charge in [-0.15, -0.1) is 0 Å². The first-order chi connectivity index (χ1) is 10.0. The fourth-order valence-corrected chi connectivity index (χ4v) is 1.93. The summed E-state index contributed by atoms with van der Waals surface area (Å²) in [6, 6.07) is 3.11. The van der Waals surface area contributed by atoms with Gasteiger partial charge in [0.05, 0.1) is 11.0 Å². The number of non-ortho nitro benzene ring substituents is 1. The Morgan fingerprint density at radius 2 is 2.24 bits per heavy atom. The average molecular weight is 357 g/mol. The Morgan fingerprint density at radius 3 is 2.86 bits per heavy atom. The molecule has 0 bridgehead atoms. The number of hydrogen-bond donors (Lipinski definition) is 1. The molecular weight excluding hydrogens is 347 g/mol. The maximum absolute atomic E-state index is 13.8. The SMILES string of the molecule is CCNc1ncnc(Oc2ccc([N+](=O)[O-])cc2F)c1Br. The van der Waals surface area contributed by atoms with Crippen LogP contribution in [0.25, 0.3) is 0 Å². The number of rotatable bonds is 5. The van der Waals surface area contributed by atoms with Crippen LogP contribution in [0.15, 0.2) is 29.0 Å². The van der Waals surface area contributed by atoms with E-state index in [1.165, 1.54) is 12.4 Å². The molecule has 0 amide bonds. The highest BCUT2D eigenvalue weighted by molar-refractivity contribution is 9.10. The molecule has 2 rings (SSSR count). The molecule has 7 nitrogen and oxygen atoms in total. The minimum atomic E-state index is -0.847. The molecule has 0 saturated carbocycles. The Morgan fingerprint density at radius 1 is 1.48 bits per heavy atom. The zero-order valence-corrected chi connectivity index (χ0v) is 12.4. The molecule has 1 N–H and O–H groups in total. The van der Waals surface area contributed by atoms with Crippen molar-refractivity contribution in [3.63, 3.8) is 0 Å². The van der Waals surface area contributed by atoms with E-state index in [0.29, 0.717) is 16.8 Å². The van der Waals surface area contributed by atoms with Crippen LogP contribution in [0.5, 0.6) is 11.6 Å². The molecule has 1 aromatic heterocycles. The van der Waals surface area contributed by atoms with Crippen LogP contribution in [0.2, 0.25) is 0 Å². The van der Waals surface area contributed by atoms with Gasteiger partial charge in [-0.25, -0.2) is 14.4 Å². The standard InChI is InChI=1S/C12H10BrFN4O3/c1-2-15-11-10(13)12(17-6-16-11)21-9-4-3-7(18(19)20)5-8(9)14/h3-6H,2H2,1H3,(H,15,16,17). The van der Waals surface area contributed by atoms with E-state index in [9.17, 15) is 14.5 Å². The predicted molar refractivity (Wildman–Crippen MR) is 77.0 cm³/mol. The van der Waals surface area contributed by atoms with Crippen LogP contribution in [0, 0.1) is 15.9 Å². The number of halogens is 2. The summed E-state index contributed by atoms with van der Waals surface area (Å²) in [5.41, 5.74) is -0.352. The highest BCUT2D eigenvalue weighted by atomic mass is 79.9. The van der Waals surface area contributed by atoms with Gasteiger partial charge in [-0.1, -0.05) is 0 Å². The monoisotopic (exact) mass is 356 g/mol. The summed E-state index contributed by atoms with van der Waals surface area (Å²) in [5.74, 6) is -0.402. The van der Waals surface area contributed by atoms with Crippen molar-refractivity contribution in [1.29, 1.82) is 0 Å². The summed E-state index contributed by atoms with van der Waals surface area (Å²) < 4.78 is 19.5. The van der Waals surface area contributed by atoms with Gasteiger partial charge in [0.25, 0.3) is 5.69 Å². The summed E-state index contributed by atoms with van der Waals surface area (Å²) in [5, 5.41) is 13.5. The molecule has 1 aromatic carbocycles. The molecule has 0 aliphatic heterocycles. The molecule has 0 saturated heterocycles. The second kappa shape index (κ2) is 6.44. The van der Waals surface area contributed by atoms with Gasteiger partial charge < -0.3 is 10.1 Å². The molecule has 2 aromatic rings. The predicted octanol–water partition coefficient (Wildman–Crippen LogP) is 3.51. The molecule has 0 spiro atoms. The van der Waals surface area contributed by atoms with E-state index in [0.717, 1.165) is 12.1 Å². The molecule has 0 aliphatic carbocycles. The van der Waals surface area contributed by atoms with Gasteiger partial charge in [-0.3, -0.25) is 10.1 Å². The first-order valence-corrected chi connectivity index (χ1v) is 6.68. The number of aromatic nitrogens is 2. The minimum absolute atomic E-state index is 0.105. The fourth-order valence-electron chi connectivity index (χ4n) is 1.51. The van der Waals surface area contributed by atoms with Gasteiger partial charge >= 0.3 is 0 Å². The van der Waals surface area contributed by atoms with Crippen molar-refractivity contribution in [2.45, 2.75) is 6.92 Å². The van der Waals surface area contributed by atoms with Crippen LogP contribution >= 0.6 is 15.9 Å². The number of hydrogen-bond acceptors (Lipinski definition) is 6. The van der Waals surface area contributed by atoms with Crippen molar-refractivity contribution in [3.05, 3.63) is 44.9 Å². The maximum Gasteiger partial charge on any atom is 0.272 e. The van der Waals surface area contributed by atoms with Crippen LogP contribution in [0.3, 0.4) is 0 Å². The molecule has 0 atom stereocenters. The van der Waals surface area contributed by atoms with E-state index in [1.54, 1.807) is 0 Å². The topological polar surface area (TPSA) is 90.2 Å². The number of ether oxygens (including phenoxy) is 1. The van der Waals surface area contributed by atoms with E-state index in [1.807, 2.05) is 6.92 Å². The molecule has 1 heterocycles. The van der Waals surface area contributed by atoms with Crippen molar-refractivity contribution in [2.24, 2.45) is 0 Å². The van der Waals surface area contributed by atoms with Gasteiger partial charge in [0.2, 0.25) is 5.88 Å². The summed E-state index contributed by atoms with van der Waals surface area (Å²) in [4.78, 5) is 17.8. The molecular formula is C12H10BrFN4O3. The normalized spacial score (nSPS) is 10.2. The Hall–Kier alpha value is -2.29. The van der Waals surface area contributed by atoms with E-state index in [4.69, 9.17) is 4.74 Å². The Labute approximate surface area is 127 Å². The number of nitro groups is 1. The van der Waals surface area contributed by atoms with Crippen molar-refractivity contribution in [1.82, 2.24) is 9.97 Å². The van der Waals surface area contributed by atoms with Gasteiger partial charge in [0.1, 0.15) is 16.6 Å². The molecule has 0 radical (unpaired) electrons. The second-order valence-electron chi connectivity index (χ2n) is 3.85. The Bertz CT molecular complexity index is 684. The average Bonchev–Trinajstić information content (AvgIpc) is 2.45. The maximum atomic E-state index is 13.8. The number of benzene rings is 1. The number of nitrogens with zero attached hydrogens (tertiary/aromatic N) is 3. The van der Waals surface area contributed by atoms with Crippen molar-refractivity contribution in [2.75, 3.05) is 11.9 Å². The zero-order valence-electron chi connectivity index (χ0n) is 10.8. The first-order valence-electron chi connectivity index (χ1n) is 5.89. The third-order valence-corrected chi connectivity index (χ3v) is 3.15. The fraction of sp³-hybridized carbons (Fsp3) is 0.167. The van der Waals surface area contributed by atoms with E-state index in [-0.39, 0.29) is 17.3 Å². The lowest BCUT2D eigenvalue weighted by Gasteiger charge is -2.10. The van der Waals surface area contributed by atoms with E-state index >= 15 is 0 Å². The largest absolute Gasteiger partial charge is 0.435 e. The smallest absolute Gasteiger partial charge is 0.272 e. The summed E-state index contributed by atoms with van der Waals surface area (Å²) in [7, 11) is 0. The van der Waals surface area contributed by atoms with Crippen molar-refractivity contribution < 1.29 is 14.1 Å². The van der Waals surface area contributed by atoms with Gasteiger partial charge in [-0.2, -0.15) is 0 Å². The van der Waals surface area contributed by atoms with Crippen LogP contribution in [-0.4, -0.2) is 21.4 Å². The molecule has 9 heteroatoms. The highest BCUT2D eigenvalue weighted by Gasteiger charge is 2.15. The van der Waals surface area contributed by atoms with Crippen molar-refractivity contribution >= 4 is 27.4 Å². The van der Waals surface area contributed by atoms with Crippen LogP contribution < -0.4 is 10.1 Å². The molecule has 0 unspecified atom stereocenters. The van der Waals surface area contributed by atoms with Crippen LogP contribution in [-0.2, 0) is 0 Å². The number of nitrogens with one attached hydrogen (secondary N) is 1. The molecule has 110 valence electrons. The summed E-state index contributed by atoms with van der Waals surface area (Å²) in [6.45, 7) is 2.53. The lowest BCUT2D eigenvalue weighted by atomic mass is 10.3. The van der Waals surface area contributed by atoms with E-state index in [2.05, 4.69) is 31.2 Å². The number of nitro benzene ring substituents is 1. The van der Waals surface area contributed by atoms with Gasteiger partial charge in [0.15, 0.2) is 11.6 Å². The lowest BCUT2D eigenvalue weighted by Crippen LogP contribution is -2.02. The zero-order chi connectivity index (χ0) is 15.4. The summed E-state index contributed by atoms with van der Waals surface area (Å²) in [6.07, 6.45) is 1.27. The third-order valence-electron chi connectivity index (χ3n) is 2.43. The van der Waals surface area contributed by atoms with Crippen molar-refractivity contribution in [3.8, 4) is 11.6 Å². The third kappa shape index (κ3) is 3.43. The van der Waals surface area contributed by atoms with Gasteiger partial charge in [0, 0.05) is 12.6 Å². The minimum Gasteiger partial charge on any atom is -0.435 e. The lowest BCUT2D eigenvalue weighted by molar-refractivity contribution is -0.385. The van der Waals surface area contributed by atoms with E-state index < -0.39 is 10.7 Å². The highest BCUT2D eigenvalue weighted by Crippen LogP contribution is 2.33.